The van der Waals surface area contributed by atoms with Crippen LogP contribution in [-0.4, -0.2) is 52.0 Å². The average molecular weight is 404 g/mol. The first-order valence-electron chi connectivity index (χ1n) is 9.04. The van der Waals surface area contributed by atoms with Crippen molar-refractivity contribution in [2.75, 3.05) is 27.3 Å². The molecule has 28 heavy (non-hydrogen) atoms. The third-order valence-electron chi connectivity index (χ3n) is 4.82. The first-order valence-corrected chi connectivity index (χ1v) is 10.5. The molecule has 3 rings (SSSR count). The zero-order valence-electron chi connectivity index (χ0n) is 15.9. The predicted octanol–water partition coefficient (Wildman–Crippen LogP) is 2.29. The van der Waals surface area contributed by atoms with Gasteiger partial charge in [0.05, 0.1) is 19.1 Å². The number of sulfonamides is 1. The molecule has 2 aromatic carbocycles. The van der Waals surface area contributed by atoms with E-state index in [1.54, 1.807) is 48.5 Å². The number of hydrogen-bond donors (Lipinski definition) is 1. The van der Waals surface area contributed by atoms with Crippen LogP contribution in [-0.2, 0) is 10.0 Å². The maximum absolute atomic E-state index is 12.7. The van der Waals surface area contributed by atoms with Crippen molar-refractivity contribution < 1.29 is 22.7 Å². The van der Waals surface area contributed by atoms with Gasteiger partial charge in [-0.1, -0.05) is 18.2 Å². The van der Waals surface area contributed by atoms with Crippen molar-refractivity contribution in [2.24, 2.45) is 0 Å². The zero-order chi connectivity index (χ0) is 20.1. The minimum absolute atomic E-state index is 0.0807. The van der Waals surface area contributed by atoms with Gasteiger partial charge in [-0.2, -0.15) is 4.31 Å². The van der Waals surface area contributed by atoms with Crippen LogP contribution in [0.3, 0.4) is 0 Å². The third kappa shape index (κ3) is 4.28. The Bertz CT molecular complexity index is 923. The lowest BCUT2D eigenvalue weighted by molar-refractivity contribution is 0.0923. The van der Waals surface area contributed by atoms with Crippen LogP contribution >= 0.6 is 0 Å². The van der Waals surface area contributed by atoms with E-state index in [0.29, 0.717) is 47.9 Å². The number of amides is 1. The predicted molar refractivity (Wildman–Crippen MR) is 105 cm³/mol. The van der Waals surface area contributed by atoms with E-state index in [-0.39, 0.29) is 11.9 Å². The number of nitrogens with one attached hydrogen (secondary N) is 1. The minimum atomic E-state index is -3.49. The summed E-state index contributed by atoms with van der Waals surface area (Å²) >= 11 is 0. The van der Waals surface area contributed by atoms with Crippen molar-refractivity contribution in [2.45, 2.75) is 23.8 Å². The molecule has 0 spiro atoms. The van der Waals surface area contributed by atoms with Gasteiger partial charge in [0.25, 0.3) is 5.91 Å². The summed E-state index contributed by atoms with van der Waals surface area (Å²) < 4.78 is 37.3. The molecule has 1 N–H and O–H groups in total. The van der Waals surface area contributed by atoms with E-state index in [4.69, 9.17) is 9.47 Å². The van der Waals surface area contributed by atoms with Crippen LogP contribution in [0, 0.1) is 0 Å². The number of ether oxygens (including phenoxy) is 2. The summed E-state index contributed by atoms with van der Waals surface area (Å²) in [5, 5.41) is 2.98. The second kappa shape index (κ2) is 8.62. The average Bonchev–Trinajstić information content (AvgIpc) is 2.74. The summed E-state index contributed by atoms with van der Waals surface area (Å²) in [6.45, 7) is 0.738. The van der Waals surface area contributed by atoms with Gasteiger partial charge in [-0.25, -0.2) is 8.42 Å². The molecule has 0 radical (unpaired) electrons. The van der Waals surface area contributed by atoms with Crippen molar-refractivity contribution in [3.05, 3.63) is 54.1 Å². The van der Waals surface area contributed by atoms with Crippen molar-refractivity contribution in [3.8, 4) is 11.5 Å². The topological polar surface area (TPSA) is 84.9 Å². The SMILES string of the molecule is COc1ccc(C(=O)NC2CCN(S(=O)(=O)c3ccccc3)CC2)cc1OC. The van der Waals surface area contributed by atoms with E-state index in [2.05, 4.69) is 5.32 Å². The molecule has 150 valence electrons. The second-order valence-corrected chi connectivity index (χ2v) is 8.47. The summed E-state index contributed by atoms with van der Waals surface area (Å²) in [6, 6.07) is 13.3. The first-order chi connectivity index (χ1) is 13.5. The Balaban J connectivity index is 1.61. The van der Waals surface area contributed by atoms with Crippen LogP contribution in [0.2, 0.25) is 0 Å². The summed E-state index contributed by atoms with van der Waals surface area (Å²) in [7, 11) is -0.440. The van der Waals surface area contributed by atoms with E-state index < -0.39 is 10.0 Å². The van der Waals surface area contributed by atoms with E-state index >= 15 is 0 Å². The van der Waals surface area contributed by atoms with Crippen LogP contribution in [0.4, 0.5) is 0 Å². The number of benzene rings is 2. The van der Waals surface area contributed by atoms with Crippen LogP contribution < -0.4 is 14.8 Å². The highest BCUT2D eigenvalue weighted by molar-refractivity contribution is 7.89. The summed E-state index contributed by atoms with van der Waals surface area (Å²) in [4.78, 5) is 12.8. The third-order valence-corrected chi connectivity index (χ3v) is 6.73. The Morgan fingerprint density at radius 1 is 1.00 bits per heavy atom. The van der Waals surface area contributed by atoms with Crippen molar-refractivity contribution >= 4 is 15.9 Å². The molecular formula is C20H24N2O5S. The fourth-order valence-corrected chi connectivity index (χ4v) is 4.72. The van der Waals surface area contributed by atoms with Crippen LogP contribution in [0.25, 0.3) is 0 Å². The van der Waals surface area contributed by atoms with Gasteiger partial charge in [0, 0.05) is 24.7 Å². The molecule has 0 aliphatic carbocycles. The summed E-state index contributed by atoms with van der Waals surface area (Å²) in [6.07, 6.45) is 1.12. The maximum Gasteiger partial charge on any atom is 0.251 e. The smallest absolute Gasteiger partial charge is 0.251 e. The van der Waals surface area contributed by atoms with Gasteiger partial charge in [-0.05, 0) is 43.2 Å². The van der Waals surface area contributed by atoms with Gasteiger partial charge in [-0.15, -0.1) is 0 Å². The lowest BCUT2D eigenvalue weighted by atomic mass is 10.1. The van der Waals surface area contributed by atoms with Crippen LogP contribution in [0.5, 0.6) is 11.5 Å². The molecule has 8 heteroatoms. The fourth-order valence-electron chi connectivity index (χ4n) is 3.23. The molecule has 1 saturated heterocycles. The number of carbonyl (C=O) groups excluding carboxylic acids is 1. The monoisotopic (exact) mass is 404 g/mol. The Morgan fingerprint density at radius 3 is 2.25 bits per heavy atom. The number of nitrogens with zero attached hydrogens (tertiary/aromatic N) is 1. The van der Waals surface area contributed by atoms with E-state index in [9.17, 15) is 13.2 Å². The molecule has 1 fully saturated rings. The molecule has 1 aliphatic heterocycles. The van der Waals surface area contributed by atoms with Gasteiger partial charge in [0.15, 0.2) is 11.5 Å². The number of methoxy groups -OCH3 is 2. The minimum Gasteiger partial charge on any atom is -0.493 e. The number of hydrogen-bond acceptors (Lipinski definition) is 5. The summed E-state index contributed by atoms with van der Waals surface area (Å²) in [5.74, 6) is 0.822. The highest BCUT2D eigenvalue weighted by Gasteiger charge is 2.30. The summed E-state index contributed by atoms with van der Waals surface area (Å²) in [5.41, 5.74) is 0.469. The van der Waals surface area contributed by atoms with Gasteiger partial charge in [-0.3, -0.25) is 4.79 Å². The van der Waals surface area contributed by atoms with Crippen molar-refractivity contribution in [1.29, 1.82) is 0 Å². The Labute approximate surface area is 165 Å². The van der Waals surface area contributed by atoms with Gasteiger partial charge in [0.2, 0.25) is 10.0 Å². The number of piperidine rings is 1. The first kappa shape index (κ1) is 20.2. The van der Waals surface area contributed by atoms with E-state index in [0.717, 1.165) is 0 Å². The normalized spacial score (nSPS) is 15.8. The highest BCUT2D eigenvalue weighted by Crippen LogP contribution is 2.28. The van der Waals surface area contributed by atoms with Crippen molar-refractivity contribution in [1.82, 2.24) is 9.62 Å². The molecule has 0 aromatic heterocycles. The largest absolute Gasteiger partial charge is 0.493 e. The van der Waals surface area contributed by atoms with Crippen molar-refractivity contribution in [3.63, 3.8) is 0 Å². The molecule has 0 atom stereocenters. The Kier molecular flexibility index (Phi) is 6.21. The van der Waals surface area contributed by atoms with Crippen LogP contribution in [0.1, 0.15) is 23.2 Å². The van der Waals surface area contributed by atoms with Crippen LogP contribution in [0.15, 0.2) is 53.4 Å². The molecule has 0 saturated carbocycles. The molecule has 1 amide bonds. The number of carbonyl (C=O) groups is 1. The Hall–Kier alpha value is -2.58. The van der Waals surface area contributed by atoms with Gasteiger partial charge >= 0.3 is 0 Å². The standard InChI is InChI=1S/C20H24N2O5S/c1-26-18-9-8-15(14-19(18)27-2)20(23)21-16-10-12-22(13-11-16)28(24,25)17-6-4-3-5-7-17/h3-9,14,16H,10-13H2,1-2H3,(H,21,23). The van der Waals surface area contributed by atoms with E-state index in [1.807, 2.05) is 0 Å². The lowest BCUT2D eigenvalue weighted by Crippen LogP contribution is -2.46. The lowest BCUT2D eigenvalue weighted by Gasteiger charge is -2.31. The quantitative estimate of drug-likeness (QED) is 0.799. The molecule has 7 nitrogen and oxygen atoms in total. The molecular weight excluding hydrogens is 380 g/mol. The fraction of sp³-hybridized carbons (Fsp3) is 0.350. The maximum atomic E-state index is 12.7. The molecule has 2 aromatic rings. The Morgan fingerprint density at radius 2 is 1.64 bits per heavy atom. The van der Waals surface area contributed by atoms with Gasteiger partial charge < -0.3 is 14.8 Å². The number of rotatable bonds is 6. The second-order valence-electron chi connectivity index (χ2n) is 6.53. The molecule has 0 bridgehead atoms. The zero-order valence-corrected chi connectivity index (χ0v) is 16.7. The molecule has 1 aliphatic rings. The molecule has 1 heterocycles. The highest BCUT2D eigenvalue weighted by atomic mass is 32.2. The van der Waals surface area contributed by atoms with E-state index in [1.165, 1.54) is 18.5 Å². The molecule has 0 unspecified atom stereocenters. The van der Waals surface area contributed by atoms with Gasteiger partial charge in [0.1, 0.15) is 0 Å².